The van der Waals surface area contributed by atoms with Crippen molar-refractivity contribution in [3.63, 3.8) is 0 Å². The van der Waals surface area contributed by atoms with Crippen LogP contribution in [0.2, 0.25) is 0 Å². The summed E-state index contributed by atoms with van der Waals surface area (Å²) in [4.78, 5) is 26.8. The standard InChI is InChI=1S/C20H21N3O4/c1-27-11-10-21-20(24)12-16(15-7-3-5-9-19(15)23(25)26)17-13-22-18-8-4-2-6-14(17)18/h2-9,13,16,22H,10-12H2,1H3,(H,21,24)/t16-/m1/s1. The molecule has 1 aromatic heterocycles. The van der Waals surface area contributed by atoms with Crippen molar-refractivity contribution < 1.29 is 14.5 Å². The second-order valence-electron chi connectivity index (χ2n) is 6.20. The van der Waals surface area contributed by atoms with Crippen molar-refractivity contribution in [1.82, 2.24) is 10.3 Å². The van der Waals surface area contributed by atoms with Crippen LogP contribution in [0.3, 0.4) is 0 Å². The molecular formula is C20H21N3O4. The van der Waals surface area contributed by atoms with E-state index in [4.69, 9.17) is 4.74 Å². The van der Waals surface area contributed by atoms with Gasteiger partial charge in [0.2, 0.25) is 5.91 Å². The number of nitrogens with one attached hydrogen (secondary N) is 2. The summed E-state index contributed by atoms with van der Waals surface area (Å²) in [7, 11) is 1.56. The monoisotopic (exact) mass is 367 g/mol. The first-order valence-electron chi connectivity index (χ1n) is 8.66. The molecule has 7 heteroatoms. The Morgan fingerprint density at radius 2 is 1.93 bits per heavy atom. The van der Waals surface area contributed by atoms with E-state index in [-0.39, 0.29) is 18.0 Å². The van der Waals surface area contributed by atoms with E-state index in [0.29, 0.717) is 18.7 Å². The smallest absolute Gasteiger partial charge is 0.273 e. The number of aromatic nitrogens is 1. The number of hydrogen-bond donors (Lipinski definition) is 2. The molecular weight excluding hydrogens is 346 g/mol. The van der Waals surface area contributed by atoms with Gasteiger partial charge in [0.25, 0.3) is 5.69 Å². The van der Waals surface area contributed by atoms with E-state index in [2.05, 4.69) is 10.3 Å². The van der Waals surface area contributed by atoms with Gasteiger partial charge in [-0.15, -0.1) is 0 Å². The molecule has 0 radical (unpaired) electrons. The first-order valence-corrected chi connectivity index (χ1v) is 8.66. The third kappa shape index (κ3) is 4.15. The van der Waals surface area contributed by atoms with Gasteiger partial charge in [-0.2, -0.15) is 0 Å². The molecule has 27 heavy (non-hydrogen) atoms. The van der Waals surface area contributed by atoms with Gasteiger partial charge in [-0.05, 0) is 11.6 Å². The highest BCUT2D eigenvalue weighted by Gasteiger charge is 2.27. The van der Waals surface area contributed by atoms with Crippen LogP contribution >= 0.6 is 0 Å². The molecule has 0 saturated heterocycles. The summed E-state index contributed by atoms with van der Waals surface area (Å²) in [6.45, 7) is 0.807. The quantitative estimate of drug-likeness (QED) is 0.362. The first kappa shape index (κ1) is 18.6. The second kappa shape index (κ2) is 8.46. The summed E-state index contributed by atoms with van der Waals surface area (Å²) in [6.07, 6.45) is 1.94. The summed E-state index contributed by atoms with van der Waals surface area (Å²) in [5.41, 5.74) is 2.32. The number of nitrogens with zero attached hydrogens (tertiary/aromatic N) is 1. The summed E-state index contributed by atoms with van der Waals surface area (Å²) >= 11 is 0. The molecule has 0 fully saturated rings. The van der Waals surface area contributed by atoms with Gasteiger partial charge in [0.15, 0.2) is 0 Å². The van der Waals surface area contributed by atoms with Crippen molar-refractivity contribution in [2.24, 2.45) is 0 Å². The van der Waals surface area contributed by atoms with Gasteiger partial charge in [-0.1, -0.05) is 36.4 Å². The molecule has 7 nitrogen and oxygen atoms in total. The number of fused-ring (bicyclic) bond motifs is 1. The minimum Gasteiger partial charge on any atom is -0.383 e. The number of nitro benzene ring substituents is 1. The lowest BCUT2D eigenvalue weighted by Gasteiger charge is -2.17. The molecule has 0 unspecified atom stereocenters. The van der Waals surface area contributed by atoms with Crippen molar-refractivity contribution in [2.45, 2.75) is 12.3 Å². The molecule has 2 N–H and O–H groups in total. The molecule has 0 bridgehead atoms. The number of rotatable bonds is 8. The number of ether oxygens (including phenoxy) is 1. The van der Waals surface area contributed by atoms with Gasteiger partial charge >= 0.3 is 0 Å². The molecule has 140 valence electrons. The van der Waals surface area contributed by atoms with Gasteiger partial charge in [0, 0.05) is 54.7 Å². The minimum atomic E-state index is -0.440. The number of benzene rings is 2. The zero-order valence-corrected chi connectivity index (χ0v) is 15.0. The van der Waals surface area contributed by atoms with E-state index in [1.165, 1.54) is 6.07 Å². The number of methoxy groups -OCH3 is 1. The van der Waals surface area contributed by atoms with Crippen LogP contribution in [-0.2, 0) is 9.53 Å². The zero-order valence-electron chi connectivity index (χ0n) is 15.0. The maximum atomic E-state index is 12.5. The number of hydrogen-bond acceptors (Lipinski definition) is 4. The lowest BCUT2D eigenvalue weighted by Crippen LogP contribution is -2.28. The molecule has 0 saturated carbocycles. The van der Waals surface area contributed by atoms with Gasteiger partial charge in [-0.25, -0.2) is 0 Å². The van der Waals surface area contributed by atoms with Crippen LogP contribution in [0, 0.1) is 10.1 Å². The highest BCUT2D eigenvalue weighted by molar-refractivity contribution is 5.86. The summed E-state index contributed by atoms with van der Waals surface area (Å²) in [6, 6.07) is 14.3. The van der Waals surface area contributed by atoms with E-state index < -0.39 is 10.8 Å². The molecule has 0 spiro atoms. The van der Waals surface area contributed by atoms with Crippen LogP contribution in [0.1, 0.15) is 23.5 Å². The zero-order chi connectivity index (χ0) is 19.2. The second-order valence-corrected chi connectivity index (χ2v) is 6.20. The molecule has 1 heterocycles. The fraction of sp³-hybridized carbons (Fsp3) is 0.250. The normalized spacial score (nSPS) is 12.0. The first-order chi connectivity index (χ1) is 13.1. The molecule has 0 aliphatic heterocycles. The topological polar surface area (TPSA) is 97.3 Å². The van der Waals surface area contributed by atoms with E-state index >= 15 is 0 Å². The fourth-order valence-electron chi connectivity index (χ4n) is 3.27. The number of aromatic amines is 1. The molecule has 1 atom stereocenters. The van der Waals surface area contributed by atoms with Crippen molar-refractivity contribution >= 4 is 22.5 Å². The van der Waals surface area contributed by atoms with Crippen LogP contribution in [0.5, 0.6) is 0 Å². The van der Waals surface area contributed by atoms with Crippen molar-refractivity contribution in [3.05, 3.63) is 76.0 Å². The minimum absolute atomic E-state index is 0.0115. The highest BCUT2D eigenvalue weighted by atomic mass is 16.6. The summed E-state index contributed by atoms with van der Waals surface area (Å²) in [5, 5.41) is 15.3. The average Bonchev–Trinajstić information content (AvgIpc) is 3.10. The Labute approximate surface area is 156 Å². The Morgan fingerprint density at radius 3 is 2.70 bits per heavy atom. The maximum absolute atomic E-state index is 12.5. The molecule has 2 aromatic carbocycles. The van der Waals surface area contributed by atoms with Gasteiger partial charge in [-0.3, -0.25) is 14.9 Å². The molecule has 0 aliphatic rings. The maximum Gasteiger partial charge on any atom is 0.273 e. The number of carbonyl (C=O) groups is 1. The average molecular weight is 367 g/mol. The third-order valence-corrected chi connectivity index (χ3v) is 4.52. The molecule has 3 rings (SSSR count). The lowest BCUT2D eigenvalue weighted by atomic mass is 9.87. The van der Waals surface area contributed by atoms with Crippen molar-refractivity contribution in [1.29, 1.82) is 0 Å². The predicted molar refractivity (Wildman–Crippen MR) is 103 cm³/mol. The largest absolute Gasteiger partial charge is 0.383 e. The molecule has 3 aromatic rings. The summed E-state index contributed by atoms with van der Waals surface area (Å²) < 4.78 is 4.95. The van der Waals surface area contributed by atoms with Crippen LogP contribution < -0.4 is 5.32 Å². The Morgan fingerprint density at radius 1 is 1.19 bits per heavy atom. The fourth-order valence-corrected chi connectivity index (χ4v) is 3.27. The lowest BCUT2D eigenvalue weighted by molar-refractivity contribution is -0.385. The van der Waals surface area contributed by atoms with Crippen LogP contribution in [0.4, 0.5) is 5.69 Å². The Kier molecular flexibility index (Phi) is 5.83. The molecule has 0 aliphatic carbocycles. The van der Waals surface area contributed by atoms with E-state index in [9.17, 15) is 14.9 Å². The number of nitro groups is 1. The predicted octanol–water partition coefficient (Wildman–Crippen LogP) is 3.36. The molecule has 1 amide bonds. The van der Waals surface area contributed by atoms with Gasteiger partial charge in [0.05, 0.1) is 11.5 Å². The Balaban J connectivity index is 2.02. The van der Waals surface area contributed by atoms with E-state index in [1.54, 1.807) is 25.3 Å². The van der Waals surface area contributed by atoms with Gasteiger partial charge < -0.3 is 15.0 Å². The van der Waals surface area contributed by atoms with Crippen LogP contribution in [-0.4, -0.2) is 36.1 Å². The van der Waals surface area contributed by atoms with E-state index in [0.717, 1.165) is 16.5 Å². The highest BCUT2D eigenvalue weighted by Crippen LogP contribution is 2.37. The number of amides is 1. The van der Waals surface area contributed by atoms with Crippen LogP contribution in [0.15, 0.2) is 54.7 Å². The van der Waals surface area contributed by atoms with Gasteiger partial charge in [0.1, 0.15) is 0 Å². The summed E-state index contributed by atoms with van der Waals surface area (Å²) in [5.74, 6) is -0.620. The Bertz CT molecular complexity index is 951. The van der Waals surface area contributed by atoms with Crippen molar-refractivity contribution in [3.8, 4) is 0 Å². The number of carbonyl (C=O) groups excluding carboxylic acids is 1. The third-order valence-electron chi connectivity index (χ3n) is 4.52. The SMILES string of the molecule is COCCNC(=O)C[C@H](c1ccccc1[N+](=O)[O-])c1c[nH]c2ccccc12. The van der Waals surface area contributed by atoms with Crippen LogP contribution in [0.25, 0.3) is 10.9 Å². The number of H-pyrrole nitrogens is 1. The number of para-hydroxylation sites is 2. The Hall–Kier alpha value is -3.19. The van der Waals surface area contributed by atoms with E-state index in [1.807, 2.05) is 30.5 Å². The van der Waals surface area contributed by atoms with Crippen molar-refractivity contribution in [2.75, 3.05) is 20.3 Å².